The first kappa shape index (κ1) is 10.4. The number of phenolic OH excluding ortho intramolecular Hbond substituents is 1. The van der Waals surface area contributed by atoms with Gasteiger partial charge in [0.25, 0.3) is 0 Å². The highest BCUT2D eigenvalue weighted by molar-refractivity contribution is 5.46. The van der Waals surface area contributed by atoms with E-state index in [9.17, 15) is 5.11 Å². The summed E-state index contributed by atoms with van der Waals surface area (Å²) in [6.45, 7) is 0. The van der Waals surface area contributed by atoms with E-state index in [0.717, 1.165) is 24.2 Å². The van der Waals surface area contributed by atoms with Crippen molar-refractivity contribution in [3.8, 4) is 11.4 Å². The Kier molecular flexibility index (Phi) is 2.37. The summed E-state index contributed by atoms with van der Waals surface area (Å²) in [5.74, 6) is 0.259. The van der Waals surface area contributed by atoms with Crippen molar-refractivity contribution in [3.63, 3.8) is 0 Å². The van der Waals surface area contributed by atoms with Crippen LogP contribution < -0.4 is 5.32 Å². The number of benzene rings is 1. The van der Waals surface area contributed by atoms with E-state index in [1.807, 2.05) is 31.4 Å². The molecular formula is C13H15N3O. The maximum absolute atomic E-state index is 9.80. The SMILES string of the molecule is CNC1CCc2cn(-c3ccccc3O)nc21. The van der Waals surface area contributed by atoms with Crippen LogP contribution >= 0.6 is 0 Å². The van der Waals surface area contributed by atoms with Gasteiger partial charge in [0.15, 0.2) is 0 Å². The Bertz CT molecular complexity index is 547. The first-order valence-corrected chi connectivity index (χ1v) is 5.83. The number of nitrogens with one attached hydrogen (secondary N) is 1. The second-order valence-corrected chi connectivity index (χ2v) is 4.35. The van der Waals surface area contributed by atoms with Crippen LogP contribution in [0.5, 0.6) is 5.75 Å². The zero-order chi connectivity index (χ0) is 11.8. The Hall–Kier alpha value is -1.81. The summed E-state index contributed by atoms with van der Waals surface area (Å²) in [4.78, 5) is 0. The number of aromatic hydroxyl groups is 1. The lowest BCUT2D eigenvalue weighted by Gasteiger charge is -2.08. The summed E-state index contributed by atoms with van der Waals surface area (Å²) in [6, 6.07) is 7.60. The lowest BCUT2D eigenvalue weighted by atomic mass is 10.2. The van der Waals surface area contributed by atoms with Gasteiger partial charge in [-0.25, -0.2) is 4.68 Å². The summed E-state index contributed by atoms with van der Waals surface area (Å²) in [5.41, 5.74) is 3.11. The van der Waals surface area contributed by atoms with Crippen LogP contribution in [0.25, 0.3) is 5.69 Å². The minimum Gasteiger partial charge on any atom is -0.506 e. The topological polar surface area (TPSA) is 50.1 Å². The van der Waals surface area contributed by atoms with Crippen molar-refractivity contribution in [3.05, 3.63) is 41.7 Å². The van der Waals surface area contributed by atoms with Crippen LogP contribution in [0.15, 0.2) is 30.5 Å². The van der Waals surface area contributed by atoms with Crippen molar-refractivity contribution in [1.29, 1.82) is 0 Å². The van der Waals surface area contributed by atoms with Crippen LogP contribution in [0.2, 0.25) is 0 Å². The molecule has 0 saturated carbocycles. The molecule has 0 radical (unpaired) electrons. The van der Waals surface area contributed by atoms with Gasteiger partial charge in [-0.2, -0.15) is 5.10 Å². The fraction of sp³-hybridized carbons (Fsp3) is 0.308. The number of para-hydroxylation sites is 2. The summed E-state index contributed by atoms with van der Waals surface area (Å²) < 4.78 is 1.77. The van der Waals surface area contributed by atoms with E-state index in [1.54, 1.807) is 10.7 Å². The summed E-state index contributed by atoms with van der Waals surface area (Å²) in [6.07, 6.45) is 4.17. The van der Waals surface area contributed by atoms with Gasteiger partial charge in [0, 0.05) is 6.20 Å². The molecule has 1 unspecified atom stereocenters. The minimum atomic E-state index is 0.259. The number of aryl methyl sites for hydroxylation is 1. The smallest absolute Gasteiger partial charge is 0.141 e. The highest BCUT2D eigenvalue weighted by Crippen LogP contribution is 2.31. The Balaban J connectivity index is 2.04. The zero-order valence-electron chi connectivity index (χ0n) is 9.72. The fourth-order valence-electron chi connectivity index (χ4n) is 2.41. The molecule has 2 aromatic rings. The van der Waals surface area contributed by atoms with Gasteiger partial charge in [-0.15, -0.1) is 0 Å². The van der Waals surface area contributed by atoms with E-state index in [0.29, 0.717) is 6.04 Å². The number of aromatic nitrogens is 2. The van der Waals surface area contributed by atoms with Gasteiger partial charge in [-0.3, -0.25) is 0 Å². The van der Waals surface area contributed by atoms with Gasteiger partial charge in [0.2, 0.25) is 0 Å². The van der Waals surface area contributed by atoms with Gasteiger partial charge in [0.1, 0.15) is 11.4 Å². The highest BCUT2D eigenvalue weighted by Gasteiger charge is 2.25. The van der Waals surface area contributed by atoms with E-state index in [-0.39, 0.29) is 5.75 Å². The molecule has 1 aliphatic rings. The molecule has 1 aliphatic carbocycles. The molecule has 3 rings (SSSR count). The Labute approximate surface area is 99.9 Å². The average Bonchev–Trinajstić information content (AvgIpc) is 2.88. The van der Waals surface area contributed by atoms with Crippen LogP contribution in [-0.4, -0.2) is 21.9 Å². The fourth-order valence-corrected chi connectivity index (χ4v) is 2.41. The molecule has 0 aliphatic heterocycles. The third kappa shape index (κ3) is 1.61. The van der Waals surface area contributed by atoms with Gasteiger partial charge in [0.05, 0.1) is 11.7 Å². The second-order valence-electron chi connectivity index (χ2n) is 4.35. The molecule has 1 heterocycles. The van der Waals surface area contributed by atoms with Crippen molar-refractivity contribution >= 4 is 0 Å². The second kappa shape index (κ2) is 3.89. The number of fused-ring (bicyclic) bond motifs is 1. The first-order valence-electron chi connectivity index (χ1n) is 5.83. The molecule has 4 nitrogen and oxygen atoms in total. The molecule has 1 aromatic carbocycles. The summed E-state index contributed by atoms with van der Waals surface area (Å²) in [7, 11) is 1.96. The molecule has 0 amide bonds. The molecule has 0 saturated heterocycles. The highest BCUT2D eigenvalue weighted by atomic mass is 16.3. The molecule has 0 fully saturated rings. The lowest BCUT2D eigenvalue weighted by Crippen LogP contribution is -2.14. The predicted octanol–water partition coefficient (Wildman–Crippen LogP) is 1.78. The molecular weight excluding hydrogens is 214 g/mol. The Morgan fingerprint density at radius 2 is 2.24 bits per heavy atom. The third-order valence-electron chi connectivity index (χ3n) is 3.33. The number of hydrogen-bond acceptors (Lipinski definition) is 3. The van der Waals surface area contributed by atoms with Crippen LogP contribution in [0.4, 0.5) is 0 Å². The minimum absolute atomic E-state index is 0.259. The molecule has 0 bridgehead atoms. The van der Waals surface area contributed by atoms with Crippen molar-refractivity contribution in [1.82, 2.24) is 15.1 Å². The Morgan fingerprint density at radius 1 is 1.41 bits per heavy atom. The van der Waals surface area contributed by atoms with Gasteiger partial charge in [-0.1, -0.05) is 12.1 Å². The molecule has 1 atom stereocenters. The maximum atomic E-state index is 9.80. The number of phenols is 1. The van der Waals surface area contributed by atoms with E-state index in [2.05, 4.69) is 10.4 Å². The molecule has 0 spiro atoms. The van der Waals surface area contributed by atoms with Gasteiger partial charge >= 0.3 is 0 Å². The first-order chi connectivity index (χ1) is 8.29. The summed E-state index contributed by atoms with van der Waals surface area (Å²) >= 11 is 0. The zero-order valence-corrected chi connectivity index (χ0v) is 9.72. The van der Waals surface area contributed by atoms with E-state index in [1.165, 1.54) is 5.56 Å². The summed E-state index contributed by atoms with van der Waals surface area (Å²) in [5, 5.41) is 17.6. The normalized spacial score (nSPS) is 18.3. The predicted molar refractivity (Wildman–Crippen MR) is 65.4 cm³/mol. The molecule has 4 heteroatoms. The number of rotatable bonds is 2. The molecule has 88 valence electrons. The molecule has 2 N–H and O–H groups in total. The van der Waals surface area contributed by atoms with E-state index >= 15 is 0 Å². The van der Waals surface area contributed by atoms with Crippen molar-refractivity contribution in [2.75, 3.05) is 7.05 Å². The molecule has 17 heavy (non-hydrogen) atoms. The molecule has 1 aromatic heterocycles. The maximum Gasteiger partial charge on any atom is 0.141 e. The van der Waals surface area contributed by atoms with Crippen molar-refractivity contribution < 1.29 is 5.11 Å². The Morgan fingerprint density at radius 3 is 3.00 bits per heavy atom. The standard InChI is InChI=1S/C13H15N3O/c1-14-10-7-6-9-8-16(15-13(9)10)11-4-2-3-5-12(11)17/h2-5,8,10,14,17H,6-7H2,1H3. The van der Waals surface area contributed by atoms with Gasteiger partial charge < -0.3 is 10.4 Å². The monoisotopic (exact) mass is 229 g/mol. The number of nitrogens with zero attached hydrogens (tertiary/aromatic N) is 2. The van der Waals surface area contributed by atoms with Crippen LogP contribution in [0.1, 0.15) is 23.7 Å². The van der Waals surface area contributed by atoms with Gasteiger partial charge in [-0.05, 0) is 37.6 Å². The number of hydrogen-bond donors (Lipinski definition) is 2. The van der Waals surface area contributed by atoms with Crippen molar-refractivity contribution in [2.24, 2.45) is 0 Å². The van der Waals surface area contributed by atoms with Crippen LogP contribution in [-0.2, 0) is 6.42 Å². The van der Waals surface area contributed by atoms with Crippen LogP contribution in [0.3, 0.4) is 0 Å². The van der Waals surface area contributed by atoms with Crippen molar-refractivity contribution in [2.45, 2.75) is 18.9 Å². The van der Waals surface area contributed by atoms with E-state index in [4.69, 9.17) is 0 Å². The quantitative estimate of drug-likeness (QED) is 0.825. The van der Waals surface area contributed by atoms with Crippen LogP contribution in [0, 0.1) is 0 Å². The van der Waals surface area contributed by atoms with E-state index < -0.39 is 0 Å². The average molecular weight is 229 g/mol. The largest absolute Gasteiger partial charge is 0.506 e. The lowest BCUT2D eigenvalue weighted by molar-refractivity contribution is 0.469. The third-order valence-corrected chi connectivity index (χ3v) is 3.33.